The number of hydrogen-bond acceptors (Lipinski definition) is 5. The van der Waals surface area contributed by atoms with Crippen molar-refractivity contribution in [1.29, 1.82) is 0 Å². The van der Waals surface area contributed by atoms with Gasteiger partial charge in [0.1, 0.15) is 17.3 Å². The molecule has 0 aliphatic carbocycles. The highest BCUT2D eigenvalue weighted by Crippen LogP contribution is 2.31. The summed E-state index contributed by atoms with van der Waals surface area (Å²) in [7, 11) is 3.39. The number of carbonyl (C=O) groups is 2. The number of aryl methyl sites for hydroxylation is 1. The Morgan fingerprint density at radius 2 is 1.95 bits per heavy atom. The number of halogens is 2. The lowest BCUT2D eigenvalue weighted by atomic mass is 9.87. The Hall–Kier alpha value is -3.72. The fourth-order valence-corrected chi connectivity index (χ4v) is 5.58. The Morgan fingerprint density at radius 3 is 2.63 bits per heavy atom. The SMILES string of the molecule is CC=C(F)C(CN1CC(CCC(=O)c2ccc3[nH]nc(-c4ccnc(C)c4)c3c2)CCC1C(=O)N(C)C)=C(F)CC. The number of ketones is 1. The number of Topliss-reactive ketones (excluding diaryl/α,β-unsaturated/α-hetero) is 1. The van der Waals surface area contributed by atoms with E-state index in [9.17, 15) is 18.4 Å². The summed E-state index contributed by atoms with van der Waals surface area (Å²) in [6.45, 7) is 5.60. The quantitative estimate of drug-likeness (QED) is 0.223. The van der Waals surface area contributed by atoms with Gasteiger partial charge in [-0.25, -0.2) is 8.78 Å². The first-order valence-corrected chi connectivity index (χ1v) is 14.2. The number of rotatable bonds is 10. The number of nitrogens with zero attached hydrogens (tertiary/aromatic N) is 4. The minimum absolute atomic E-state index is 0.00288. The van der Waals surface area contributed by atoms with Gasteiger partial charge in [0.2, 0.25) is 5.91 Å². The van der Waals surface area contributed by atoms with Crippen molar-refractivity contribution in [3.05, 3.63) is 71.1 Å². The van der Waals surface area contributed by atoms with Crippen LogP contribution in [0.15, 0.2) is 59.8 Å². The lowest BCUT2D eigenvalue weighted by Gasteiger charge is -2.40. The predicted molar refractivity (Wildman–Crippen MR) is 158 cm³/mol. The van der Waals surface area contributed by atoms with Gasteiger partial charge in [-0.1, -0.05) is 13.0 Å². The van der Waals surface area contributed by atoms with Gasteiger partial charge >= 0.3 is 0 Å². The number of carbonyl (C=O) groups excluding carboxylic acids is 2. The number of aromatic nitrogens is 3. The molecule has 4 rings (SSSR count). The molecule has 1 aliphatic rings. The second-order valence-electron chi connectivity index (χ2n) is 11.0. The summed E-state index contributed by atoms with van der Waals surface area (Å²) < 4.78 is 29.3. The van der Waals surface area contributed by atoms with E-state index >= 15 is 0 Å². The van der Waals surface area contributed by atoms with Crippen LogP contribution in [0.1, 0.15) is 62.0 Å². The average Bonchev–Trinajstić information content (AvgIpc) is 3.41. The molecule has 0 radical (unpaired) electrons. The van der Waals surface area contributed by atoms with Crippen molar-refractivity contribution in [3.8, 4) is 11.3 Å². The van der Waals surface area contributed by atoms with Crippen molar-refractivity contribution in [1.82, 2.24) is 25.0 Å². The molecule has 2 atom stereocenters. The molecule has 9 heteroatoms. The molecule has 41 heavy (non-hydrogen) atoms. The number of aromatic amines is 1. The maximum atomic E-state index is 14.7. The Morgan fingerprint density at radius 1 is 1.17 bits per heavy atom. The fourth-order valence-electron chi connectivity index (χ4n) is 5.58. The molecular formula is C32H39F2N5O2. The van der Waals surface area contributed by atoms with Crippen molar-refractivity contribution < 1.29 is 18.4 Å². The minimum atomic E-state index is -0.603. The molecule has 7 nitrogen and oxygen atoms in total. The van der Waals surface area contributed by atoms with Gasteiger partial charge in [-0.3, -0.25) is 24.6 Å². The van der Waals surface area contributed by atoms with E-state index < -0.39 is 17.7 Å². The van der Waals surface area contributed by atoms with Crippen LogP contribution in [-0.4, -0.2) is 69.9 Å². The zero-order valence-electron chi connectivity index (χ0n) is 24.5. The summed E-state index contributed by atoms with van der Waals surface area (Å²) in [5.74, 6) is -1.04. The van der Waals surface area contributed by atoms with Gasteiger partial charge in [0, 0.05) is 67.6 Å². The molecule has 1 N–H and O–H groups in total. The van der Waals surface area contributed by atoms with Gasteiger partial charge in [0.25, 0.3) is 0 Å². The standard InChI is InChI=1S/C32H39F2N5O2/c1-6-26(33)25(27(34)7-2)19-39-18-21(8-12-29(39)32(41)38(4)5)9-13-30(40)22-10-11-28-24(17-22)31(37-36-28)23-14-15-35-20(3)16-23/h6,10-11,14-17,21,29H,7-9,12-13,18-19H2,1-5H3,(H,36,37). The minimum Gasteiger partial charge on any atom is -0.347 e. The van der Waals surface area contributed by atoms with Crippen LogP contribution in [0.2, 0.25) is 0 Å². The van der Waals surface area contributed by atoms with Gasteiger partial charge in [-0.15, -0.1) is 0 Å². The van der Waals surface area contributed by atoms with Crippen molar-refractivity contribution in [3.63, 3.8) is 0 Å². The Bertz CT molecular complexity index is 1480. The maximum absolute atomic E-state index is 14.7. The lowest BCUT2D eigenvalue weighted by Crippen LogP contribution is -2.52. The fraction of sp³-hybridized carbons (Fsp3) is 0.438. The molecule has 0 spiro atoms. The summed E-state index contributed by atoms with van der Waals surface area (Å²) in [4.78, 5) is 33.9. The van der Waals surface area contributed by atoms with E-state index in [0.29, 0.717) is 31.4 Å². The summed E-state index contributed by atoms with van der Waals surface area (Å²) in [6, 6.07) is 8.97. The van der Waals surface area contributed by atoms with Gasteiger partial charge in [0.15, 0.2) is 5.78 Å². The molecule has 1 fully saturated rings. The van der Waals surface area contributed by atoms with Gasteiger partial charge in [-0.05, 0) is 75.8 Å². The number of allylic oxidation sites excluding steroid dienone is 2. The zero-order valence-corrected chi connectivity index (χ0v) is 24.5. The molecule has 218 valence electrons. The van der Waals surface area contributed by atoms with E-state index in [-0.39, 0.29) is 36.1 Å². The number of piperidine rings is 1. The first kappa shape index (κ1) is 30.2. The molecule has 3 aromatic rings. The number of fused-ring (bicyclic) bond motifs is 1. The van der Waals surface area contributed by atoms with Crippen molar-refractivity contribution in [2.75, 3.05) is 27.2 Å². The summed E-state index contributed by atoms with van der Waals surface area (Å²) >= 11 is 0. The Labute approximate surface area is 240 Å². The third-order valence-corrected chi connectivity index (χ3v) is 7.88. The second-order valence-corrected chi connectivity index (χ2v) is 11.0. The molecule has 1 aromatic carbocycles. The van der Waals surface area contributed by atoms with Crippen molar-refractivity contribution >= 4 is 22.6 Å². The zero-order chi connectivity index (χ0) is 29.7. The molecule has 0 saturated carbocycles. The van der Waals surface area contributed by atoms with Crippen LogP contribution in [0.25, 0.3) is 22.2 Å². The number of H-pyrrole nitrogens is 1. The largest absolute Gasteiger partial charge is 0.347 e. The number of nitrogens with one attached hydrogen (secondary N) is 1. The number of amides is 1. The normalized spacial score (nSPS) is 18.9. The van der Waals surface area contributed by atoms with Gasteiger partial charge < -0.3 is 4.90 Å². The number of likely N-dealkylation sites (N-methyl/N-ethyl adjacent to an activating group) is 1. The predicted octanol–water partition coefficient (Wildman–Crippen LogP) is 6.57. The monoisotopic (exact) mass is 563 g/mol. The van der Waals surface area contributed by atoms with Crippen LogP contribution >= 0.6 is 0 Å². The first-order valence-electron chi connectivity index (χ1n) is 14.2. The number of benzene rings is 1. The summed E-state index contributed by atoms with van der Waals surface area (Å²) in [6.07, 6.45) is 5.38. The smallest absolute Gasteiger partial charge is 0.239 e. The van der Waals surface area contributed by atoms with Crippen LogP contribution in [-0.2, 0) is 4.79 Å². The average molecular weight is 564 g/mol. The maximum Gasteiger partial charge on any atom is 0.239 e. The molecule has 1 amide bonds. The first-order chi connectivity index (χ1) is 19.6. The van der Waals surface area contributed by atoms with Gasteiger partial charge in [-0.2, -0.15) is 5.10 Å². The van der Waals surface area contributed by atoms with Crippen molar-refractivity contribution in [2.45, 2.75) is 58.9 Å². The van der Waals surface area contributed by atoms with Crippen LogP contribution in [0.5, 0.6) is 0 Å². The molecule has 3 heterocycles. The molecular weight excluding hydrogens is 524 g/mol. The second kappa shape index (κ2) is 13.3. The van der Waals surface area contributed by atoms with Gasteiger partial charge in [0.05, 0.1) is 11.6 Å². The Kier molecular flexibility index (Phi) is 9.81. The summed E-state index contributed by atoms with van der Waals surface area (Å²) in [5, 5.41) is 8.38. The van der Waals surface area contributed by atoms with E-state index in [1.165, 1.54) is 17.9 Å². The number of pyridine rings is 1. The summed E-state index contributed by atoms with van der Waals surface area (Å²) in [5.41, 5.74) is 4.05. The molecule has 2 unspecified atom stereocenters. The van der Waals surface area contributed by atoms with Crippen LogP contribution in [0.4, 0.5) is 8.78 Å². The third-order valence-electron chi connectivity index (χ3n) is 7.88. The van der Waals surface area contributed by atoms with E-state index in [2.05, 4.69) is 15.2 Å². The van der Waals surface area contributed by atoms with Crippen molar-refractivity contribution in [2.24, 2.45) is 5.92 Å². The number of hydrogen-bond donors (Lipinski definition) is 1. The van der Waals surface area contributed by atoms with E-state index in [1.54, 1.807) is 27.2 Å². The van der Waals surface area contributed by atoms with Crippen LogP contribution in [0, 0.1) is 12.8 Å². The van der Waals surface area contributed by atoms with E-state index in [4.69, 9.17) is 0 Å². The molecule has 0 bridgehead atoms. The molecule has 1 saturated heterocycles. The van der Waals surface area contributed by atoms with E-state index in [1.807, 2.05) is 42.2 Å². The topological polar surface area (TPSA) is 82.2 Å². The highest BCUT2D eigenvalue weighted by atomic mass is 19.1. The molecule has 2 aromatic heterocycles. The van der Waals surface area contributed by atoms with Crippen LogP contribution < -0.4 is 0 Å². The Balaban J connectivity index is 1.49. The molecule has 1 aliphatic heterocycles. The highest BCUT2D eigenvalue weighted by molar-refractivity contribution is 6.02. The third kappa shape index (κ3) is 6.96. The van der Waals surface area contributed by atoms with Crippen LogP contribution in [0.3, 0.4) is 0 Å². The number of likely N-dealkylation sites (tertiary alicyclic amines) is 1. The lowest BCUT2D eigenvalue weighted by molar-refractivity contribution is -0.136. The highest BCUT2D eigenvalue weighted by Gasteiger charge is 2.35. The van der Waals surface area contributed by atoms with E-state index in [0.717, 1.165) is 34.3 Å².